The Hall–Kier alpha value is -3.41. The van der Waals surface area contributed by atoms with Crippen LogP contribution in [0.2, 0.25) is 0 Å². The Kier molecular flexibility index (Phi) is 64.2. The van der Waals surface area contributed by atoms with Gasteiger partial charge in [0, 0.05) is 19.3 Å². The number of carbonyl (C=O) groups is 3. The molecule has 0 saturated heterocycles. The molecule has 0 fully saturated rings. The van der Waals surface area contributed by atoms with Gasteiger partial charge in [-0.1, -0.05) is 298 Å². The molecule has 6 nitrogen and oxygen atoms in total. The fourth-order valence-corrected chi connectivity index (χ4v) is 9.74. The van der Waals surface area contributed by atoms with Gasteiger partial charge in [0.2, 0.25) is 0 Å². The first-order chi connectivity index (χ1) is 39.0. The van der Waals surface area contributed by atoms with Crippen LogP contribution in [0, 0.1) is 0 Å². The molecule has 1 unspecified atom stereocenters. The van der Waals surface area contributed by atoms with Crippen molar-refractivity contribution < 1.29 is 28.6 Å². The van der Waals surface area contributed by atoms with E-state index in [1.165, 1.54) is 199 Å². The minimum absolute atomic E-state index is 0.0798. The molecule has 0 rings (SSSR count). The summed E-state index contributed by atoms with van der Waals surface area (Å²) in [6.07, 6.45) is 88.9. The number of carbonyl (C=O) groups excluding carboxylic acids is 3. The summed E-state index contributed by atoms with van der Waals surface area (Å²) < 4.78 is 17.0. The first-order valence-electron chi connectivity index (χ1n) is 34.1. The average molecular weight is 1100 g/mol. The van der Waals surface area contributed by atoms with E-state index in [1.54, 1.807) is 0 Å². The van der Waals surface area contributed by atoms with Crippen molar-refractivity contribution in [2.45, 2.75) is 348 Å². The SMILES string of the molecule is CC/C=C\C/C=C\C/C=C\C/C=C\CCCCCCCCCCCCCCCCCCC(=O)OCC(COC(=O)CCCCCCC/C=C\C/C=C\CCCC)OC(=O)CCCCCCCCC/C=C\CCCCCCCCC. The predicted octanol–water partition coefficient (Wildman–Crippen LogP) is 23.4. The number of hydrogen-bond acceptors (Lipinski definition) is 6. The molecule has 0 aromatic carbocycles. The van der Waals surface area contributed by atoms with Crippen molar-refractivity contribution in [3.63, 3.8) is 0 Å². The fraction of sp³-hybridized carbons (Fsp3) is 0.767. The largest absolute Gasteiger partial charge is 0.462 e. The zero-order valence-electron chi connectivity index (χ0n) is 52.4. The van der Waals surface area contributed by atoms with Crippen molar-refractivity contribution in [3.05, 3.63) is 85.1 Å². The molecule has 0 saturated carbocycles. The maximum absolute atomic E-state index is 12.9. The summed E-state index contributed by atoms with van der Waals surface area (Å²) in [5, 5.41) is 0. The molecule has 0 radical (unpaired) electrons. The molecule has 79 heavy (non-hydrogen) atoms. The second-order valence-corrected chi connectivity index (χ2v) is 22.7. The van der Waals surface area contributed by atoms with Crippen LogP contribution < -0.4 is 0 Å². The van der Waals surface area contributed by atoms with Crippen molar-refractivity contribution in [2.24, 2.45) is 0 Å². The van der Waals surface area contributed by atoms with E-state index in [4.69, 9.17) is 14.2 Å². The van der Waals surface area contributed by atoms with Gasteiger partial charge in [0.05, 0.1) is 0 Å². The highest BCUT2D eigenvalue weighted by Crippen LogP contribution is 2.17. The second kappa shape index (κ2) is 67.1. The van der Waals surface area contributed by atoms with Crippen LogP contribution in [0.25, 0.3) is 0 Å². The van der Waals surface area contributed by atoms with Gasteiger partial charge in [-0.3, -0.25) is 14.4 Å². The topological polar surface area (TPSA) is 78.9 Å². The van der Waals surface area contributed by atoms with Gasteiger partial charge in [0.15, 0.2) is 6.10 Å². The third-order valence-corrected chi connectivity index (χ3v) is 14.9. The molecule has 0 spiro atoms. The first-order valence-corrected chi connectivity index (χ1v) is 34.1. The zero-order chi connectivity index (χ0) is 57.1. The lowest BCUT2D eigenvalue weighted by Crippen LogP contribution is -2.30. The molecular formula is C73H128O6. The van der Waals surface area contributed by atoms with Gasteiger partial charge >= 0.3 is 17.9 Å². The maximum atomic E-state index is 12.9. The second-order valence-electron chi connectivity index (χ2n) is 22.7. The number of esters is 3. The Bertz CT molecular complexity index is 1500. The molecule has 0 aliphatic rings. The summed E-state index contributed by atoms with van der Waals surface area (Å²) in [7, 11) is 0. The molecule has 0 amide bonds. The Morgan fingerprint density at radius 2 is 0.506 bits per heavy atom. The van der Waals surface area contributed by atoms with Gasteiger partial charge in [-0.15, -0.1) is 0 Å². The molecule has 0 aliphatic carbocycles. The van der Waals surface area contributed by atoms with Crippen molar-refractivity contribution in [1.29, 1.82) is 0 Å². The summed E-state index contributed by atoms with van der Waals surface area (Å²) in [5.41, 5.74) is 0. The van der Waals surface area contributed by atoms with Crippen LogP contribution in [0.4, 0.5) is 0 Å². The van der Waals surface area contributed by atoms with E-state index in [0.717, 1.165) is 103 Å². The van der Waals surface area contributed by atoms with Crippen molar-refractivity contribution in [3.8, 4) is 0 Å². The molecule has 0 aromatic rings. The van der Waals surface area contributed by atoms with Gasteiger partial charge in [-0.05, 0) is 109 Å². The monoisotopic (exact) mass is 1100 g/mol. The van der Waals surface area contributed by atoms with E-state index in [-0.39, 0.29) is 31.1 Å². The highest BCUT2D eigenvalue weighted by atomic mass is 16.6. The molecule has 0 aliphatic heterocycles. The minimum Gasteiger partial charge on any atom is -0.462 e. The van der Waals surface area contributed by atoms with Gasteiger partial charge in [0.25, 0.3) is 0 Å². The number of unbranched alkanes of at least 4 members (excludes halogenated alkanes) is 37. The molecule has 1 atom stereocenters. The Labute approximate surface area is 490 Å². The van der Waals surface area contributed by atoms with Gasteiger partial charge in [0.1, 0.15) is 13.2 Å². The number of allylic oxidation sites excluding steroid dienone is 14. The third-order valence-electron chi connectivity index (χ3n) is 14.9. The smallest absolute Gasteiger partial charge is 0.306 e. The zero-order valence-corrected chi connectivity index (χ0v) is 52.4. The van der Waals surface area contributed by atoms with Crippen LogP contribution in [-0.2, 0) is 28.6 Å². The van der Waals surface area contributed by atoms with E-state index in [9.17, 15) is 14.4 Å². The molecule has 0 aromatic heterocycles. The van der Waals surface area contributed by atoms with E-state index in [1.807, 2.05) is 0 Å². The lowest BCUT2D eigenvalue weighted by molar-refractivity contribution is -0.167. The maximum Gasteiger partial charge on any atom is 0.306 e. The van der Waals surface area contributed by atoms with Crippen LogP contribution >= 0.6 is 0 Å². The minimum atomic E-state index is -0.785. The highest BCUT2D eigenvalue weighted by molar-refractivity contribution is 5.71. The summed E-state index contributed by atoms with van der Waals surface area (Å²) in [6.45, 7) is 6.51. The highest BCUT2D eigenvalue weighted by Gasteiger charge is 2.19. The summed E-state index contributed by atoms with van der Waals surface area (Å²) in [5.74, 6) is -0.882. The first kappa shape index (κ1) is 75.6. The normalized spacial score (nSPS) is 12.6. The Morgan fingerprint density at radius 1 is 0.266 bits per heavy atom. The van der Waals surface area contributed by atoms with Crippen LogP contribution in [0.3, 0.4) is 0 Å². The van der Waals surface area contributed by atoms with Gasteiger partial charge < -0.3 is 14.2 Å². The quantitative estimate of drug-likeness (QED) is 0.0261. The van der Waals surface area contributed by atoms with Gasteiger partial charge in [-0.2, -0.15) is 0 Å². The Morgan fingerprint density at radius 3 is 0.823 bits per heavy atom. The lowest BCUT2D eigenvalue weighted by atomic mass is 10.0. The average Bonchev–Trinajstić information content (AvgIpc) is 3.45. The number of hydrogen-bond donors (Lipinski definition) is 0. The lowest BCUT2D eigenvalue weighted by Gasteiger charge is -2.18. The molecule has 0 heterocycles. The van der Waals surface area contributed by atoms with Crippen molar-refractivity contribution >= 4 is 17.9 Å². The van der Waals surface area contributed by atoms with E-state index < -0.39 is 6.10 Å². The molecule has 0 bridgehead atoms. The van der Waals surface area contributed by atoms with E-state index in [2.05, 4.69) is 106 Å². The predicted molar refractivity (Wildman–Crippen MR) is 344 cm³/mol. The number of rotatable bonds is 62. The van der Waals surface area contributed by atoms with E-state index >= 15 is 0 Å². The van der Waals surface area contributed by atoms with Crippen LogP contribution in [0.1, 0.15) is 342 Å². The standard InChI is InChI=1S/C73H128O6/c1-4-7-10-13-16-19-22-25-28-30-32-33-34-35-36-37-38-39-40-41-42-44-45-48-51-54-57-60-63-66-72(75)78-69-70(68-77-71(74)65-62-59-56-53-50-47-27-24-21-18-15-12-9-6-3)79-73(76)67-64-61-58-55-52-49-46-43-31-29-26-23-20-17-14-11-8-5-2/h7,10,15-16,18-19,24-25,27-29,31-33,70H,4-6,8-9,11-14,17,20-23,26,30,34-69H2,1-3H3/b10-7-,18-15-,19-16-,27-24-,28-25-,31-29-,33-32-. The molecular weight excluding hydrogens is 973 g/mol. The van der Waals surface area contributed by atoms with Crippen molar-refractivity contribution in [2.75, 3.05) is 13.2 Å². The summed E-state index contributed by atoms with van der Waals surface area (Å²) in [6, 6.07) is 0. The van der Waals surface area contributed by atoms with Gasteiger partial charge in [-0.25, -0.2) is 0 Å². The third kappa shape index (κ3) is 65.3. The van der Waals surface area contributed by atoms with Crippen molar-refractivity contribution in [1.82, 2.24) is 0 Å². The molecule has 0 N–H and O–H groups in total. The summed E-state index contributed by atoms with van der Waals surface area (Å²) in [4.78, 5) is 38.4. The fourth-order valence-electron chi connectivity index (χ4n) is 9.74. The van der Waals surface area contributed by atoms with E-state index in [0.29, 0.717) is 19.3 Å². The molecule has 6 heteroatoms. The summed E-state index contributed by atoms with van der Waals surface area (Å²) >= 11 is 0. The Balaban J connectivity index is 4.25. The molecule has 456 valence electrons. The van der Waals surface area contributed by atoms with Crippen LogP contribution in [-0.4, -0.2) is 37.2 Å². The number of ether oxygens (including phenoxy) is 3. The van der Waals surface area contributed by atoms with Crippen LogP contribution in [0.15, 0.2) is 85.1 Å². The van der Waals surface area contributed by atoms with Crippen LogP contribution in [0.5, 0.6) is 0 Å².